The molecule has 1 amide bonds. The molecule has 1 N–H and O–H groups in total. The van der Waals surface area contributed by atoms with E-state index in [0.29, 0.717) is 31.7 Å². The fraction of sp³-hybridized carbons (Fsp3) is 0.654. The normalized spacial score (nSPS) is 24.8. The Labute approximate surface area is 201 Å². The van der Waals surface area contributed by atoms with Gasteiger partial charge in [0.2, 0.25) is 0 Å². The first-order valence-electron chi connectivity index (χ1n) is 12.7. The van der Waals surface area contributed by atoms with E-state index in [4.69, 9.17) is 19.6 Å². The lowest BCUT2D eigenvalue weighted by molar-refractivity contribution is -0.00641. The maximum atomic E-state index is 12.6. The highest BCUT2D eigenvalue weighted by Crippen LogP contribution is 2.49. The monoisotopic (exact) mass is 465 g/mol. The molecule has 2 aromatic rings. The van der Waals surface area contributed by atoms with Crippen molar-refractivity contribution in [2.24, 2.45) is 5.92 Å². The van der Waals surface area contributed by atoms with Crippen molar-refractivity contribution < 1.29 is 14.3 Å². The molecule has 5 heterocycles. The van der Waals surface area contributed by atoms with Crippen molar-refractivity contribution in [1.29, 1.82) is 0 Å². The van der Waals surface area contributed by atoms with Gasteiger partial charge in [-0.2, -0.15) is 5.10 Å². The first kappa shape index (κ1) is 21.9. The summed E-state index contributed by atoms with van der Waals surface area (Å²) in [4.78, 5) is 19.1. The van der Waals surface area contributed by atoms with Crippen molar-refractivity contribution in [3.05, 3.63) is 29.6 Å². The molecule has 1 atom stereocenters. The molecule has 3 aliphatic heterocycles. The standard InChI is InChI=1S/C26H35N5O3/c1-17-12-21-23(27-14-17)22-20(15-31(29-22)19-6-9-28-25(2,3)13-19)26(34-21)7-10-30(11-8-26)24(32)33-16-18-4-5-18/h12,14-15,18-19,28H,4-11,13,16H2,1-3H3. The zero-order chi connectivity index (χ0) is 23.5. The van der Waals surface area contributed by atoms with E-state index in [1.54, 1.807) is 0 Å². The number of nitrogens with one attached hydrogen (secondary N) is 1. The minimum Gasteiger partial charge on any atom is -0.480 e. The van der Waals surface area contributed by atoms with Crippen molar-refractivity contribution in [2.45, 2.75) is 76.5 Å². The summed E-state index contributed by atoms with van der Waals surface area (Å²) in [6.45, 7) is 9.31. The summed E-state index contributed by atoms with van der Waals surface area (Å²) in [5, 5.41) is 8.72. The van der Waals surface area contributed by atoms with Crippen LogP contribution in [0.15, 0.2) is 18.5 Å². The SMILES string of the molecule is Cc1cnc2c(c1)OC1(CCN(C(=O)OCC3CC3)CC1)c1cn(C3CCNC(C)(C)C3)nc1-2. The number of nitrogens with zero attached hydrogens (tertiary/aromatic N) is 4. The second-order valence-electron chi connectivity index (χ2n) is 11.3. The van der Waals surface area contributed by atoms with Gasteiger partial charge in [0.05, 0.1) is 12.6 Å². The molecule has 0 radical (unpaired) electrons. The Morgan fingerprint density at radius 1 is 1.24 bits per heavy atom. The number of pyridine rings is 1. The van der Waals surface area contributed by atoms with Crippen molar-refractivity contribution in [3.63, 3.8) is 0 Å². The number of rotatable bonds is 3. The van der Waals surface area contributed by atoms with Crippen LogP contribution < -0.4 is 10.1 Å². The van der Waals surface area contributed by atoms with Crippen molar-refractivity contribution in [1.82, 2.24) is 25.0 Å². The van der Waals surface area contributed by atoms with Crippen LogP contribution in [0.25, 0.3) is 11.4 Å². The molecule has 0 bridgehead atoms. The molecule has 34 heavy (non-hydrogen) atoms. The van der Waals surface area contributed by atoms with Gasteiger partial charge in [-0.3, -0.25) is 9.67 Å². The Bertz CT molecular complexity index is 1100. The van der Waals surface area contributed by atoms with E-state index in [1.807, 2.05) is 18.0 Å². The highest BCUT2D eigenvalue weighted by Gasteiger charge is 2.47. The Balaban J connectivity index is 1.30. The molecule has 182 valence electrons. The molecule has 1 saturated carbocycles. The van der Waals surface area contributed by atoms with E-state index in [2.05, 4.69) is 36.1 Å². The third kappa shape index (κ3) is 3.96. The van der Waals surface area contributed by atoms with E-state index in [1.165, 1.54) is 12.8 Å². The number of ether oxygens (including phenoxy) is 2. The topological polar surface area (TPSA) is 81.5 Å². The zero-order valence-electron chi connectivity index (χ0n) is 20.5. The quantitative estimate of drug-likeness (QED) is 0.732. The van der Waals surface area contributed by atoms with E-state index >= 15 is 0 Å². The molecule has 2 saturated heterocycles. The number of likely N-dealkylation sites (tertiary alicyclic amines) is 1. The molecule has 6 rings (SSSR count). The van der Waals surface area contributed by atoms with Crippen LogP contribution in [0.2, 0.25) is 0 Å². The number of hydrogen-bond acceptors (Lipinski definition) is 6. The Kier molecular flexibility index (Phi) is 5.13. The summed E-state index contributed by atoms with van der Waals surface area (Å²) in [6.07, 6.45) is 9.76. The van der Waals surface area contributed by atoms with Gasteiger partial charge in [-0.05, 0) is 70.5 Å². The van der Waals surface area contributed by atoms with E-state index < -0.39 is 5.60 Å². The van der Waals surface area contributed by atoms with E-state index in [0.717, 1.165) is 60.5 Å². The molecular weight excluding hydrogens is 430 g/mol. The van der Waals surface area contributed by atoms with Gasteiger partial charge in [0, 0.05) is 49.4 Å². The highest BCUT2D eigenvalue weighted by molar-refractivity contribution is 5.71. The van der Waals surface area contributed by atoms with Gasteiger partial charge in [0.15, 0.2) is 0 Å². The van der Waals surface area contributed by atoms with Crippen LogP contribution in [0.5, 0.6) is 5.75 Å². The van der Waals surface area contributed by atoms with Crippen LogP contribution in [0.1, 0.15) is 69.5 Å². The van der Waals surface area contributed by atoms with E-state index in [9.17, 15) is 4.79 Å². The summed E-state index contributed by atoms with van der Waals surface area (Å²) in [5.74, 6) is 1.37. The summed E-state index contributed by atoms with van der Waals surface area (Å²) in [6, 6.07) is 2.40. The lowest BCUT2D eigenvalue weighted by atomic mass is 9.82. The van der Waals surface area contributed by atoms with Gasteiger partial charge in [0.1, 0.15) is 22.7 Å². The van der Waals surface area contributed by atoms with Gasteiger partial charge >= 0.3 is 6.09 Å². The number of amides is 1. The molecule has 1 unspecified atom stereocenters. The predicted octanol–water partition coefficient (Wildman–Crippen LogP) is 4.19. The predicted molar refractivity (Wildman–Crippen MR) is 128 cm³/mol. The lowest BCUT2D eigenvalue weighted by Crippen LogP contribution is -2.49. The lowest BCUT2D eigenvalue weighted by Gasteiger charge is -2.43. The fourth-order valence-corrected chi connectivity index (χ4v) is 5.70. The van der Waals surface area contributed by atoms with Crippen LogP contribution in [-0.4, -0.2) is 57.5 Å². The zero-order valence-corrected chi connectivity index (χ0v) is 20.5. The van der Waals surface area contributed by atoms with E-state index in [-0.39, 0.29) is 11.6 Å². The second kappa shape index (κ2) is 7.97. The Morgan fingerprint density at radius 3 is 2.76 bits per heavy atom. The smallest absolute Gasteiger partial charge is 0.409 e. The first-order valence-corrected chi connectivity index (χ1v) is 12.7. The Hall–Kier alpha value is -2.61. The molecule has 3 fully saturated rings. The minimum atomic E-state index is -0.494. The minimum absolute atomic E-state index is 0.0863. The average Bonchev–Trinajstić information content (AvgIpc) is 3.52. The average molecular weight is 466 g/mol. The second-order valence-corrected chi connectivity index (χ2v) is 11.3. The summed E-state index contributed by atoms with van der Waals surface area (Å²) in [7, 11) is 0. The molecule has 1 spiro atoms. The number of piperidine rings is 2. The fourth-order valence-electron chi connectivity index (χ4n) is 5.70. The number of aryl methyl sites for hydroxylation is 1. The highest BCUT2D eigenvalue weighted by atomic mass is 16.6. The maximum Gasteiger partial charge on any atom is 0.409 e. The van der Waals surface area contributed by atoms with Crippen LogP contribution in [0, 0.1) is 12.8 Å². The molecule has 8 heteroatoms. The van der Waals surface area contributed by atoms with Gasteiger partial charge in [0.25, 0.3) is 0 Å². The van der Waals surface area contributed by atoms with Crippen LogP contribution >= 0.6 is 0 Å². The Morgan fingerprint density at radius 2 is 2.03 bits per heavy atom. The third-order valence-electron chi connectivity index (χ3n) is 7.91. The summed E-state index contributed by atoms with van der Waals surface area (Å²) >= 11 is 0. The van der Waals surface area contributed by atoms with Crippen molar-refractivity contribution in [2.75, 3.05) is 26.2 Å². The number of aromatic nitrogens is 3. The maximum absolute atomic E-state index is 12.6. The molecule has 4 aliphatic rings. The van der Waals surface area contributed by atoms with Gasteiger partial charge in [-0.1, -0.05) is 0 Å². The molecule has 2 aromatic heterocycles. The van der Waals surface area contributed by atoms with Gasteiger partial charge in [-0.25, -0.2) is 4.79 Å². The van der Waals surface area contributed by atoms with Crippen LogP contribution in [-0.2, 0) is 10.3 Å². The molecular formula is C26H35N5O3. The number of carbonyl (C=O) groups is 1. The summed E-state index contributed by atoms with van der Waals surface area (Å²) < 4.78 is 14.4. The van der Waals surface area contributed by atoms with Gasteiger partial charge < -0.3 is 19.7 Å². The number of hydrogen-bond donors (Lipinski definition) is 1. The third-order valence-corrected chi connectivity index (χ3v) is 7.91. The number of fused-ring (bicyclic) bond motifs is 4. The molecule has 8 nitrogen and oxygen atoms in total. The van der Waals surface area contributed by atoms with Crippen LogP contribution in [0.4, 0.5) is 4.79 Å². The number of carbonyl (C=O) groups excluding carboxylic acids is 1. The molecule has 0 aromatic carbocycles. The van der Waals surface area contributed by atoms with Crippen molar-refractivity contribution >= 4 is 6.09 Å². The van der Waals surface area contributed by atoms with Crippen molar-refractivity contribution in [3.8, 4) is 17.1 Å². The van der Waals surface area contributed by atoms with Crippen LogP contribution in [0.3, 0.4) is 0 Å². The summed E-state index contributed by atoms with van der Waals surface area (Å²) in [5.41, 5.74) is 3.53. The van der Waals surface area contributed by atoms with Gasteiger partial charge in [-0.15, -0.1) is 0 Å². The molecule has 1 aliphatic carbocycles. The first-order chi connectivity index (χ1) is 16.3. The largest absolute Gasteiger partial charge is 0.480 e.